The van der Waals surface area contributed by atoms with E-state index in [-0.39, 0.29) is 0 Å². The molecule has 1 aromatic rings. The normalized spacial score (nSPS) is 16.2. The lowest BCUT2D eigenvalue weighted by Crippen LogP contribution is -2.20. The molecule has 2 rings (SSSR count). The lowest BCUT2D eigenvalue weighted by atomic mass is 10.1. The second-order valence-corrected chi connectivity index (χ2v) is 5.95. The number of hydrogen-bond acceptors (Lipinski definition) is 2. The Morgan fingerprint density at radius 2 is 1.74 bits per heavy atom. The van der Waals surface area contributed by atoms with Crippen LogP contribution in [0.2, 0.25) is 0 Å². The summed E-state index contributed by atoms with van der Waals surface area (Å²) in [5, 5.41) is 0. The van der Waals surface area contributed by atoms with Crippen LogP contribution in [0.25, 0.3) is 0 Å². The average Bonchev–Trinajstić information content (AvgIpc) is 3.09. The second kappa shape index (κ2) is 10.8. The van der Waals surface area contributed by atoms with Gasteiger partial charge < -0.3 is 9.64 Å². The number of allylic oxidation sites excluding steroid dienone is 5. The fourth-order valence-corrected chi connectivity index (χ4v) is 2.78. The number of hydrogen-bond donors (Lipinski definition) is 0. The van der Waals surface area contributed by atoms with Crippen molar-refractivity contribution in [2.24, 2.45) is 0 Å². The maximum absolute atomic E-state index is 5.71. The van der Waals surface area contributed by atoms with Crippen molar-refractivity contribution in [3.63, 3.8) is 0 Å². The number of likely N-dealkylation sites (tertiary alicyclic amines) is 1. The van der Waals surface area contributed by atoms with Gasteiger partial charge in [-0.15, -0.1) is 0 Å². The highest BCUT2D eigenvalue weighted by Crippen LogP contribution is 2.14. The molecule has 0 aliphatic carbocycles. The lowest BCUT2D eigenvalue weighted by molar-refractivity contribution is 0.334. The molecule has 1 aromatic carbocycles. The van der Waals surface area contributed by atoms with Gasteiger partial charge in [-0.1, -0.05) is 42.5 Å². The molecular weight excluding hydrogens is 282 g/mol. The minimum atomic E-state index is 0.606. The van der Waals surface area contributed by atoms with Gasteiger partial charge in [0.1, 0.15) is 12.4 Å². The van der Waals surface area contributed by atoms with E-state index in [4.69, 9.17) is 4.74 Å². The van der Waals surface area contributed by atoms with E-state index >= 15 is 0 Å². The van der Waals surface area contributed by atoms with Crippen LogP contribution in [-0.2, 0) is 6.42 Å². The molecule has 0 bridgehead atoms. The van der Waals surface area contributed by atoms with Crippen LogP contribution in [-0.4, -0.2) is 31.1 Å². The molecule has 1 fully saturated rings. The maximum Gasteiger partial charge on any atom is 0.119 e. The van der Waals surface area contributed by atoms with Crippen LogP contribution in [0, 0.1) is 0 Å². The van der Waals surface area contributed by atoms with E-state index in [1.807, 2.05) is 43.4 Å². The molecule has 0 amide bonds. The van der Waals surface area contributed by atoms with E-state index in [2.05, 4.69) is 29.2 Å². The van der Waals surface area contributed by atoms with Gasteiger partial charge in [-0.3, -0.25) is 0 Å². The highest BCUT2D eigenvalue weighted by molar-refractivity contribution is 5.27. The summed E-state index contributed by atoms with van der Waals surface area (Å²) in [4.78, 5) is 2.58. The molecule has 0 radical (unpaired) electrons. The molecule has 1 saturated heterocycles. The van der Waals surface area contributed by atoms with Gasteiger partial charge in [0.25, 0.3) is 0 Å². The van der Waals surface area contributed by atoms with Crippen molar-refractivity contribution < 1.29 is 4.74 Å². The first-order valence-electron chi connectivity index (χ1n) is 8.77. The lowest BCUT2D eigenvalue weighted by Gasteiger charge is -2.14. The monoisotopic (exact) mass is 311 g/mol. The zero-order valence-electron chi connectivity index (χ0n) is 14.3. The predicted octanol–water partition coefficient (Wildman–Crippen LogP) is 4.78. The minimum Gasteiger partial charge on any atom is -0.490 e. The fraction of sp³-hybridized carbons (Fsp3) is 0.429. The van der Waals surface area contributed by atoms with Crippen LogP contribution in [0.3, 0.4) is 0 Å². The Hall–Kier alpha value is -1.80. The third-order valence-electron chi connectivity index (χ3n) is 4.07. The van der Waals surface area contributed by atoms with Crippen molar-refractivity contribution in [2.75, 3.05) is 26.2 Å². The quantitative estimate of drug-likeness (QED) is 0.608. The van der Waals surface area contributed by atoms with Gasteiger partial charge in [0, 0.05) is 0 Å². The Labute approximate surface area is 141 Å². The Kier molecular flexibility index (Phi) is 8.28. The molecule has 0 N–H and O–H groups in total. The molecule has 2 heteroatoms. The van der Waals surface area contributed by atoms with Crippen LogP contribution in [0.4, 0.5) is 0 Å². The number of aryl methyl sites for hydroxylation is 1. The largest absolute Gasteiger partial charge is 0.490 e. The minimum absolute atomic E-state index is 0.606. The standard InChI is InChI=1S/C21H29NO/c1-2-3-4-5-6-9-19-23-21-14-12-20(13-15-21)11-10-18-22-16-7-8-17-22/h2-6,9,12-15H,7-8,10-11,16-19H2,1H3/b3-2-,5-4-,9-6+. The van der Waals surface area contributed by atoms with Crippen LogP contribution in [0.1, 0.15) is 31.7 Å². The first kappa shape index (κ1) is 17.6. The zero-order valence-corrected chi connectivity index (χ0v) is 14.3. The summed E-state index contributed by atoms with van der Waals surface area (Å²) < 4.78 is 5.71. The third kappa shape index (κ3) is 7.34. The van der Waals surface area contributed by atoms with Crippen LogP contribution in [0.5, 0.6) is 5.75 Å². The molecule has 1 heterocycles. The van der Waals surface area contributed by atoms with Crippen molar-refractivity contribution in [1.82, 2.24) is 4.90 Å². The second-order valence-electron chi connectivity index (χ2n) is 5.95. The van der Waals surface area contributed by atoms with E-state index < -0.39 is 0 Å². The molecule has 1 aliphatic rings. The molecule has 0 unspecified atom stereocenters. The van der Waals surface area contributed by atoms with Crippen molar-refractivity contribution >= 4 is 0 Å². The summed E-state index contributed by atoms with van der Waals surface area (Å²) in [7, 11) is 0. The summed E-state index contributed by atoms with van der Waals surface area (Å²) >= 11 is 0. The Morgan fingerprint density at radius 1 is 1.00 bits per heavy atom. The van der Waals surface area contributed by atoms with Crippen LogP contribution >= 0.6 is 0 Å². The number of rotatable bonds is 9. The van der Waals surface area contributed by atoms with E-state index in [1.165, 1.54) is 44.5 Å². The van der Waals surface area contributed by atoms with E-state index in [1.54, 1.807) is 0 Å². The van der Waals surface area contributed by atoms with Gasteiger partial charge >= 0.3 is 0 Å². The topological polar surface area (TPSA) is 12.5 Å². The van der Waals surface area contributed by atoms with Crippen LogP contribution < -0.4 is 4.74 Å². The summed E-state index contributed by atoms with van der Waals surface area (Å²) in [6, 6.07) is 8.54. The summed E-state index contributed by atoms with van der Waals surface area (Å²) in [5.74, 6) is 0.940. The molecule has 124 valence electrons. The van der Waals surface area contributed by atoms with Crippen molar-refractivity contribution in [3.05, 3.63) is 66.3 Å². The molecule has 1 aliphatic heterocycles. The van der Waals surface area contributed by atoms with Gasteiger partial charge in [-0.2, -0.15) is 0 Å². The first-order chi connectivity index (χ1) is 11.4. The summed E-state index contributed by atoms with van der Waals surface area (Å²) in [5.41, 5.74) is 1.40. The molecule has 0 spiro atoms. The molecule has 0 saturated carbocycles. The molecule has 0 aromatic heterocycles. The van der Waals surface area contributed by atoms with E-state index in [9.17, 15) is 0 Å². The van der Waals surface area contributed by atoms with Gasteiger partial charge in [0.15, 0.2) is 0 Å². The van der Waals surface area contributed by atoms with Crippen LogP contribution in [0.15, 0.2) is 60.7 Å². The Bertz CT molecular complexity index is 507. The van der Waals surface area contributed by atoms with Gasteiger partial charge in [0.2, 0.25) is 0 Å². The Morgan fingerprint density at radius 3 is 2.48 bits per heavy atom. The van der Waals surface area contributed by atoms with Crippen molar-refractivity contribution in [1.29, 1.82) is 0 Å². The highest BCUT2D eigenvalue weighted by atomic mass is 16.5. The SMILES string of the molecule is C\C=C/C=C\C=C\COc1ccc(CCCN2CCCC2)cc1. The van der Waals surface area contributed by atoms with Gasteiger partial charge in [-0.25, -0.2) is 0 Å². The number of ether oxygens (including phenoxy) is 1. The number of nitrogens with zero attached hydrogens (tertiary/aromatic N) is 1. The first-order valence-corrected chi connectivity index (χ1v) is 8.77. The van der Waals surface area contributed by atoms with E-state index in [0.29, 0.717) is 6.61 Å². The van der Waals surface area contributed by atoms with Gasteiger partial charge in [-0.05, 0) is 76.0 Å². The molecule has 2 nitrogen and oxygen atoms in total. The maximum atomic E-state index is 5.71. The Balaban J connectivity index is 1.63. The van der Waals surface area contributed by atoms with E-state index in [0.717, 1.165) is 12.2 Å². The average molecular weight is 311 g/mol. The van der Waals surface area contributed by atoms with Crippen molar-refractivity contribution in [3.8, 4) is 5.75 Å². The zero-order chi connectivity index (χ0) is 16.2. The predicted molar refractivity (Wildman–Crippen MR) is 99.0 cm³/mol. The van der Waals surface area contributed by atoms with Gasteiger partial charge in [0.05, 0.1) is 0 Å². The smallest absolute Gasteiger partial charge is 0.119 e. The van der Waals surface area contributed by atoms with Crippen molar-refractivity contribution in [2.45, 2.75) is 32.6 Å². The fourth-order valence-electron chi connectivity index (χ4n) is 2.78. The molecule has 0 atom stereocenters. The highest BCUT2D eigenvalue weighted by Gasteiger charge is 2.10. The molecule has 23 heavy (non-hydrogen) atoms. The third-order valence-corrected chi connectivity index (χ3v) is 4.07. The summed E-state index contributed by atoms with van der Waals surface area (Å²) in [6.07, 6.45) is 17.2. The number of benzene rings is 1. The molecular formula is C21H29NO. The summed E-state index contributed by atoms with van der Waals surface area (Å²) in [6.45, 7) is 6.44.